The molecule has 7 nitrogen and oxygen atoms in total. The van der Waals surface area contributed by atoms with Gasteiger partial charge in [-0.3, -0.25) is 9.48 Å². The molecule has 1 aliphatic heterocycles. The van der Waals surface area contributed by atoms with Gasteiger partial charge >= 0.3 is 0 Å². The van der Waals surface area contributed by atoms with Crippen LogP contribution >= 0.6 is 0 Å². The van der Waals surface area contributed by atoms with Gasteiger partial charge in [0.05, 0.1) is 17.1 Å². The second kappa shape index (κ2) is 6.03. The second-order valence-electron chi connectivity index (χ2n) is 6.00. The van der Waals surface area contributed by atoms with E-state index in [9.17, 15) is 13.2 Å². The minimum Gasteiger partial charge on any atom is -0.309 e. The fourth-order valence-corrected chi connectivity index (χ4v) is 4.13. The van der Waals surface area contributed by atoms with E-state index in [-0.39, 0.29) is 23.4 Å². The van der Waals surface area contributed by atoms with Crippen LogP contribution in [-0.4, -0.2) is 30.1 Å². The number of fused-ring (bicyclic) bond motifs is 1. The molecule has 1 aliphatic rings. The molecule has 2 aromatic rings. The molecule has 1 amide bonds. The van der Waals surface area contributed by atoms with Crippen molar-refractivity contribution in [3.8, 4) is 0 Å². The Hall–Kier alpha value is -2.19. The first-order chi connectivity index (χ1) is 11.3. The van der Waals surface area contributed by atoms with Gasteiger partial charge < -0.3 is 4.90 Å². The highest BCUT2D eigenvalue weighted by Crippen LogP contribution is 2.33. The zero-order valence-electron chi connectivity index (χ0n) is 13.9. The molecule has 0 radical (unpaired) electrons. The van der Waals surface area contributed by atoms with Crippen LogP contribution in [0.3, 0.4) is 0 Å². The first-order valence-electron chi connectivity index (χ1n) is 7.69. The standard InChI is InChI=1S/C16H20N4O3S/c1-11-8-13-9-15(4-5-16(13)20(11)12(2)21)24(22,23)18-10-14-6-7-17-19(14)3/h4-7,9,11,18H,8,10H2,1-3H3. The maximum absolute atomic E-state index is 12.5. The molecule has 3 rings (SSSR count). The first kappa shape index (κ1) is 16.7. The summed E-state index contributed by atoms with van der Waals surface area (Å²) in [6.07, 6.45) is 2.27. The van der Waals surface area contributed by atoms with Gasteiger partial charge in [-0.15, -0.1) is 0 Å². The molecule has 0 bridgehead atoms. The van der Waals surface area contributed by atoms with Gasteiger partial charge in [0.2, 0.25) is 15.9 Å². The van der Waals surface area contributed by atoms with Crippen LogP contribution in [0.1, 0.15) is 25.1 Å². The molecule has 1 aromatic carbocycles. The molecule has 8 heteroatoms. The summed E-state index contributed by atoms with van der Waals surface area (Å²) in [5.41, 5.74) is 2.44. The van der Waals surface area contributed by atoms with E-state index in [0.717, 1.165) is 16.9 Å². The summed E-state index contributed by atoms with van der Waals surface area (Å²) in [4.78, 5) is 13.7. The average Bonchev–Trinajstić information content (AvgIpc) is 3.06. The van der Waals surface area contributed by atoms with Crippen molar-refractivity contribution in [2.45, 2.75) is 37.8 Å². The van der Waals surface area contributed by atoms with Crippen molar-refractivity contribution < 1.29 is 13.2 Å². The van der Waals surface area contributed by atoms with Crippen LogP contribution in [0, 0.1) is 0 Å². The molecule has 1 aromatic heterocycles. The summed E-state index contributed by atoms with van der Waals surface area (Å²) in [6, 6.07) is 6.70. The molecule has 1 unspecified atom stereocenters. The summed E-state index contributed by atoms with van der Waals surface area (Å²) in [5.74, 6) is -0.0359. The number of benzene rings is 1. The highest BCUT2D eigenvalue weighted by Gasteiger charge is 2.30. The topological polar surface area (TPSA) is 84.3 Å². The van der Waals surface area contributed by atoms with Crippen LogP contribution < -0.4 is 9.62 Å². The summed E-state index contributed by atoms with van der Waals surface area (Å²) >= 11 is 0. The van der Waals surface area contributed by atoms with Crippen molar-refractivity contribution in [2.24, 2.45) is 7.05 Å². The molecule has 2 heterocycles. The largest absolute Gasteiger partial charge is 0.309 e. The fraction of sp³-hybridized carbons (Fsp3) is 0.375. The predicted molar refractivity (Wildman–Crippen MR) is 90.0 cm³/mol. The van der Waals surface area contributed by atoms with Gasteiger partial charge in [-0.25, -0.2) is 13.1 Å². The summed E-state index contributed by atoms with van der Waals surface area (Å²) < 4.78 is 29.2. The van der Waals surface area contributed by atoms with Crippen molar-refractivity contribution >= 4 is 21.6 Å². The van der Waals surface area contributed by atoms with Crippen LogP contribution in [0.2, 0.25) is 0 Å². The molecule has 0 fully saturated rings. The third-order valence-electron chi connectivity index (χ3n) is 4.28. The number of hydrogen-bond donors (Lipinski definition) is 1. The van der Waals surface area contributed by atoms with Gasteiger partial charge in [0.1, 0.15) is 0 Å². The number of anilines is 1. The number of carbonyl (C=O) groups is 1. The van der Waals surface area contributed by atoms with Gasteiger partial charge in [-0.2, -0.15) is 5.10 Å². The molecule has 0 saturated carbocycles. The number of amides is 1. The molecule has 1 N–H and O–H groups in total. The van der Waals surface area contributed by atoms with E-state index in [4.69, 9.17) is 0 Å². The lowest BCUT2D eigenvalue weighted by atomic mass is 10.1. The predicted octanol–water partition coefficient (Wildman–Crippen LogP) is 1.20. The number of rotatable bonds is 4. The summed E-state index contributed by atoms with van der Waals surface area (Å²) in [7, 11) is -1.86. The van der Waals surface area contributed by atoms with Gasteiger partial charge in [-0.1, -0.05) is 0 Å². The Kier molecular flexibility index (Phi) is 4.18. The van der Waals surface area contributed by atoms with Crippen LogP contribution in [0.25, 0.3) is 0 Å². The third kappa shape index (κ3) is 2.94. The Morgan fingerprint density at radius 3 is 2.75 bits per heavy atom. The monoisotopic (exact) mass is 348 g/mol. The Morgan fingerprint density at radius 2 is 2.12 bits per heavy atom. The van der Waals surface area contributed by atoms with E-state index < -0.39 is 10.0 Å². The van der Waals surface area contributed by atoms with E-state index in [1.807, 2.05) is 6.92 Å². The minimum atomic E-state index is -3.62. The zero-order chi connectivity index (χ0) is 17.5. The molecular formula is C16H20N4O3S. The Balaban J connectivity index is 1.84. The Morgan fingerprint density at radius 1 is 1.38 bits per heavy atom. The highest BCUT2D eigenvalue weighted by atomic mass is 32.2. The van der Waals surface area contributed by atoms with Crippen molar-refractivity contribution in [1.82, 2.24) is 14.5 Å². The van der Waals surface area contributed by atoms with Crippen molar-refractivity contribution in [2.75, 3.05) is 4.90 Å². The van der Waals surface area contributed by atoms with Gasteiger partial charge in [-0.05, 0) is 43.2 Å². The number of nitrogens with one attached hydrogen (secondary N) is 1. The van der Waals surface area contributed by atoms with E-state index in [2.05, 4.69) is 9.82 Å². The quantitative estimate of drug-likeness (QED) is 0.900. The SMILES string of the molecule is CC(=O)N1c2ccc(S(=O)(=O)NCc3ccnn3C)cc2CC1C. The van der Waals surface area contributed by atoms with Gasteiger partial charge in [0, 0.05) is 31.9 Å². The number of nitrogens with zero attached hydrogens (tertiary/aromatic N) is 3. The number of aryl methyl sites for hydroxylation is 1. The van der Waals surface area contributed by atoms with E-state index in [1.165, 1.54) is 6.92 Å². The lowest BCUT2D eigenvalue weighted by Crippen LogP contribution is -2.33. The zero-order valence-corrected chi connectivity index (χ0v) is 14.7. The molecule has 24 heavy (non-hydrogen) atoms. The molecule has 1 atom stereocenters. The lowest BCUT2D eigenvalue weighted by Gasteiger charge is -2.20. The van der Waals surface area contributed by atoms with Crippen LogP contribution in [-0.2, 0) is 34.8 Å². The number of sulfonamides is 1. The number of aromatic nitrogens is 2. The van der Waals surface area contributed by atoms with Crippen molar-refractivity contribution in [3.63, 3.8) is 0 Å². The highest BCUT2D eigenvalue weighted by molar-refractivity contribution is 7.89. The smallest absolute Gasteiger partial charge is 0.240 e. The lowest BCUT2D eigenvalue weighted by molar-refractivity contribution is -0.116. The average molecular weight is 348 g/mol. The summed E-state index contributed by atoms with van der Waals surface area (Å²) in [5, 5.41) is 4.01. The molecule has 128 valence electrons. The van der Waals surface area contributed by atoms with Crippen LogP contribution in [0.15, 0.2) is 35.4 Å². The molecule has 0 spiro atoms. The molecule has 0 saturated heterocycles. The Bertz CT molecular complexity index is 888. The second-order valence-corrected chi connectivity index (χ2v) is 7.77. The summed E-state index contributed by atoms with van der Waals surface area (Å²) in [6.45, 7) is 3.65. The van der Waals surface area contributed by atoms with E-state index in [1.54, 1.807) is 47.1 Å². The molecular weight excluding hydrogens is 328 g/mol. The first-order valence-corrected chi connectivity index (χ1v) is 9.17. The van der Waals surface area contributed by atoms with Gasteiger partial charge in [0.15, 0.2) is 0 Å². The molecule has 0 aliphatic carbocycles. The van der Waals surface area contributed by atoms with Crippen LogP contribution in [0.4, 0.5) is 5.69 Å². The van der Waals surface area contributed by atoms with E-state index in [0.29, 0.717) is 6.42 Å². The number of carbonyl (C=O) groups excluding carboxylic acids is 1. The third-order valence-corrected chi connectivity index (χ3v) is 5.68. The fourth-order valence-electron chi connectivity index (χ4n) is 3.08. The van der Waals surface area contributed by atoms with Crippen LogP contribution in [0.5, 0.6) is 0 Å². The van der Waals surface area contributed by atoms with Gasteiger partial charge in [0.25, 0.3) is 0 Å². The van der Waals surface area contributed by atoms with Crippen molar-refractivity contribution in [1.29, 1.82) is 0 Å². The normalized spacial score (nSPS) is 17.1. The Labute approximate surface area is 141 Å². The maximum atomic E-state index is 12.5. The van der Waals surface area contributed by atoms with E-state index >= 15 is 0 Å². The number of hydrogen-bond acceptors (Lipinski definition) is 4. The van der Waals surface area contributed by atoms with Crippen molar-refractivity contribution in [3.05, 3.63) is 41.7 Å². The maximum Gasteiger partial charge on any atom is 0.240 e. The minimum absolute atomic E-state index is 0.0359.